The van der Waals surface area contributed by atoms with Crippen LogP contribution in [-0.2, 0) is 4.79 Å². The molecule has 1 rings (SSSR count). The van der Waals surface area contributed by atoms with Crippen LogP contribution in [0.2, 0.25) is 0 Å². The number of carbonyl (C=O) groups excluding carboxylic acids is 1. The summed E-state index contributed by atoms with van der Waals surface area (Å²) in [5.74, 6) is 2.81. The highest BCUT2D eigenvalue weighted by Crippen LogP contribution is 2.11. The molecule has 1 aliphatic rings. The van der Waals surface area contributed by atoms with E-state index in [9.17, 15) is 4.79 Å². The van der Waals surface area contributed by atoms with Gasteiger partial charge in [-0.25, -0.2) is 0 Å². The lowest BCUT2D eigenvalue weighted by Crippen LogP contribution is -2.51. The molecule has 1 saturated heterocycles. The number of nitrogens with one attached hydrogen (secondary N) is 1. The smallest absolute Gasteiger partial charge is 0.239 e. The van der Waals surface area contributed by atoms with E-state index in [1.807, 2.05) is 4.90 Å². The second-order valence-electron chi connectivity index (χ2n) is 3.93. The Morgan fingerprint density at radius 2 is 2.47 bits per heavy atom. The Bertz CT molecular complexity index is 244. The van der Waals surface area contributed by atoms with E-state index in [2.05, 4.69) is 18.2 Å². The summed E-state index contributed by atoms with van der Waals surface area (Å²) < 4.78 is 0. The average molecular weight is 208 g/mol. The monoisotopic (exact) mass is 208 g/mol. The van der Waals surface area contributed by atoms with Crippen LogP contribution in [0, 0.1) is 12.3 Å². The number of likely N-dealkylation sites (tertiary alicyclic amines) is 1. The fourth-order valence-corrected chi connectivity index (χ4v) is 1.87. The lowest BCUT2D eigenvalue weighted by molar-refractivity contribution is -0.135. The Labute approximate surface area is 92.2 Å². The fourth-order valence-electron chi connectivity index (χ4n) is 1.87. The van der Waals surface area contributed by atoms with Gasteiger partial charge in [-0.1, -0.05) is 6.92 Å². The summed E-state index contributed by atoms with van der Waals surface area (Å²) in [6.07, 6.45) is 8.97. The SMILES string of the molecule is C#CCCN1CCCC(NCCC)C1=O. The highest BCUT2D eigenvalue weighted by molar-refractivity contribution is 5.82. The van der Waals surface area contributed by atoms with E-state index in [0.717, 1.165) is 32.4 Å². The Morgan fingerprint density at radius 3 is 3.13 bits per heavy atom. The first-order valence-corrected chi connectivity index (χ1v) is 5.75. The molecule has 1 atom stereocenters. The van der Waals surface area contributed by atoms with Crippen LogP contribution in [0.3, 0.4) is 0 Å². The molecule has 84 valence electrons. The largest absolute Gasteiger partial charge is 0.340 e. The topological polar surface area (TPSA) is 32.3 Å². The van der Waals surface area contributed by atoms with Gasteiger partial charge >= 0.3 is 0 Å². The Morgan fingerprint density at radius 1 is 1.67 bits per heavy atom. The van der Waals surface area contributed by atoms with E-state index < -0.39 is 0 Å². The minimum atomic E-state index is 0.0245. The molecule has 0 saturated carbocycles. The van der Waals surface area contributed by atoms with Crippen LogP contribution in [0.4, 0.5) is 0 Å². The van der Waals surface area contributed by atoms with Gasteiger partial charge in [0.1, 0.15) is 0 Å². The molecule has 0 radical (unpaired) electrons. The van der Waals surface area contributed by atoms with Gasteiger partial charge in [-0.3, -0.25) is 4.79 Å². The molecule has 15 heavy (non-hydrogen) atoms. The molecule has 0 spiro atoms. The zero-order valence-electron chi connectivity index (χ0n) is 9.46. The van der Waals surface area contributed by atoms with Gasteiger partial charge in [-0.15, -0.1) is 12.3 Å². The first kappa shape index (κ1) is 12.1. The van der Waals surface area contributed by atoms with E-state index in [1.54, 1.807) is 0 Å². The fraction of sp³-hybridized carbons (Fsp3) is 0.750. The van der Waals surface area contributed by atoms with Gasteiger partial charge in [-0.05, 0) is 25.8 Å². The van der Waals surface area contributed by atoms with E-state index in [1.165, 1.54) is 0 Å². The molecule has 1 amide bonds. The van der Waals surface area contributed by atoms with E-state index >= 15 is 0 Å². The van der Waals surface area contributed by atoms with Gasteiger partial charge in [0.25, 0.3) is 0 Å². The van der Waals surface area contributed by atoms with Crippen molar-refractivity contribution in [3.8, 4) is 12.3 Å². The van der Waals surface area contributed by atoms with Crippen molar-refractivity contribution in [1.82, 2.24) is 10.2 Å². The highest BCUT2D eigenvalue weighted by atomic mass is 16.2. The molecule has 3 nitrogen and oxygen atoms in total. The third kappa shape index (κ3) is 3.56. The first-order chi connectivity index (χ1) is 7.29. The van der Waals surface area contributed by atoms with Crippen molar-refractivity contribution >= 4 is 5.91 Å². The molecule has 1 heterocycles. The summed E-state index contributed by atoms with van der Waals surface area (Å²) in [6.45, 7) is 4.60. The highest BCUT2D eigenvalue weighted by Gasteiger charge is 2.27. The van der Waals surface area contributed by atoms with Gasteiger partial charge in [0, 0.05) is 19.5 Å². The Hall–Kier alpha value is -1.01. The molecule has 1 N–H and O–H groups in total. The average Bonchev–Trinajstić information content (AvgIpc) is 2.26. The Balaban J connectivity index is 2.40. The van der Waals surface area contributed by atoms with Gasteiger partial charge in [-0.2, -0.15) is 0 Å². The lowest BCUT2D eigenvalue weighted by Gasteiger charge is -2.32. The summed E-state index contributed by atoms with van der Waals surface area (Å²) in [5, 5.41) is 3.28. The minimum absolute atomic E-state index is 0.0245. The number of hydrogen-bond donors (Lipinski definition) is 1. The number of hydrogen-bond acceptors (Lipinski definition) is 2. The van der Waals surface area contributed by atoms with Crippen LogP contribution in [-0.4, -0.2) is 36.5 Å². The molecule has 1 fully saturated rings. The number of carbonyl (C=O) groups is 1. The normalized spacial score (nSPS) is 21.5. The number of amides is 1. The summed E-state index contributed by atoms with van der Waals surface area (Å²) in [6, 6.07) is 0.0245. The maximum atomic E-state index is 11.9. The third-order valence-corrected chi connectivity index (χ3v) is 2.70. The summed E-state index contributed by atoms with van der Waals surface area (Å²) in [7, 11) is 0. The number of rotatable bonds is 5. The summed E-state index contributed by atoms with van der Waals surface area (Å²) >= 11 is 0. The van der Waals surface area contributed by atoms with Gasteiger partial charge in [0.2, 0.25) is 5.91 Å². The van der Waals surface area contributed by atoms with Crippen molar-refractivity contribution in [3.05, 3.63) is 0 Å². The van der Waals surface area contributed by atoms with Crippen molar-refractivity contribution in [2.75, 3.05) is 19.6 Å². The third-order valence-electron chi connectivity index (χ3n) is 2.70. The van der Waals surface area contributed by atoms with Crippen LogP contribution in [0.1, 0.15) is 32.6 Å². The van der Waals surface area contributed by atoms with Gasteiger partial charge in [0.05, 0.1) is 6.04 Å². The molecule has 0 aromatic rings. The second-order valence-corrected chi connectivity index (χ2v) is 3.93. The quantitative estimate of drug-likeness (QED) is 0.684. The molecule has 1 aliphatic heterocycles. The molecule has 0 aromatic carbocycles. The molecule has 0 aliphatic carbocycles. The zero-order chi connectivity index (χ0) is 11.1. The van der Waals surface area contributed by atoms with E-state index in [4.69, 9.17) is 6.42 Å². The van der Waals surface area contributed by atoms with Gasteiger partial charge in [0.15, 0.2) is 0 Å². The van der Waals surface area contributed by atoms with Crippen molar-refractivity contribution < 1.29 is 4.79 Å². The second kappa shape index (κ2) is 6.47. The maximum Gasteiger partial charge on any atom is 0.239 e. The van der Waals surface area contributed by atoms with E-state index in [0.29, 0.717) is 13.0 Å². The van der Waals surface area contributed by atoms with Crippen LogP contribution < -0.4 is 5.32 Å². The van der Waals surface area contributed by atoms with Crippen molar-refractivity contribution in [2.45, 2.75) is 38.6 Å². The van der Waals surface area contributed by atoms with Crippen molar-refractivity contribution in [1.29, 1.82) is 0 Å². The maximum absolute atomic E-state index is 11.9. The van der Waals surface area contributed by atoms with Crippen LogP contribution >= 0.6 is 0 Å². The lowest BCUT2D eigenvalue weighted by atomic mass is 10.0. The molecule has 0 bridgehead atoms. The molecular weight excluding hydrogens is 188 g/mol. The number of piperidine rings is 1. The standard InChI is InChI=1S/C12H20N2O/c1-3-5-9-14-10-6-7-11(12(14)15)13-8-4-2/h1,11,13H,4-10H2,2H3. The molecule has 3 heteroatoms. The molecule has 0 aromatic heterocycles. The molecule has 1 unspecified atom stereocenters. The summed E-state index contributed by atoms with van der Waals surface area (Å²) in [4.78, 5) is 13.8. The van der Waals surface area contributed by atoms with Crippen LogP contribution in [0.5, 0.6) is 0 Å². The minimum Gasteiger partial charge on any atom is -0.340 e. The van der Waals surface area contributed by atoms with E-state index in [-0.39, 0.29) is 11.9 Å². The van der Waals surface area contributed by atoms with Crippen molar-refractivity contribution in [3.63, 3.8) is 0 Å². The van der Waals surface area contributed by atoms with Crippen molar-refractivity contribution in [2.24, 2.45) is 0 Å². The van der Waals surface area contributed by atoms with Gasteiger partial charge < -0.3 is 10.2 Å². The van der Waals surface area contributed by atoms with Crippen LogP contribution in [0.25, 0.3) is 0 Å². The Kier molecular flexibility index (Phi) is 5.20. The summed E-state index contributed by atoms with van der Waals surface area (Å²) in [5.41, 5.74) is 0. The number of nitrogens with zero attached hydrogens (tertiary/aromatic N) is 1. The first-order valence-electron chi connectivity index (χ1n) is 5.75. The zero-order valence-corrected chi connectivity index (χ0v) is 9.46. The number of terminal acetylenes is 1. The molecular formula is C12H20N2O. The predicted molar refractivity (Wildman–Crippen MR) is 61.3 cm³/mol. The predicted octanol–water partition coefficient (Wildman–Crippen LogP) is 1.00. The van der Waals surface area contributed by atoms with Crippen LogP contribution in [0.15, 0.2) is 0 Å².